The first-order valence-corrected chi connectivity index (χ1v) is 18.5. The molecule has 268 valence electrons. The molecule has 4 aromatic carbocycles. The number of methoxy groups -OCH3 is 1. The van der Waals surface area contributed by atoms with Gasteiger partial charge in [-0.2, -0.15) is 0 Å². The molecule has 52 heavy (non-hydrogen) atoms. The fourth-order valence-corrected chi connectivity index (χ4v) is 7.52. The lowest BCUT2D eigenvalue weighted by Crippen LogP contribution is -2.29. The zero-order chi connectivity index (χ0) is 36.8. The van der Waals surface area contributed by atoms with Gasteiger partial charge in [0.2, 0.25) is 5.13 Å². The van der Waals surface area contributed by atoms with E-state index >= 15 is 0 Å². The summed E-state index contributed by atoms with van der Waals surface area (Å²) in [6.07, 6.45) is 0.842. The Balaban J connectivity index is 1.34. The number of aryl methyl sites for hydroxylation is 1. The van der Waals surface area contributed by atoms with Crippen LogP contribution in [0.15, 0.2) is 101 Å². The lowest BCUT2D eigenvalue weighted by atomic mass is 9.95. The van der Waals surface area contributed by atoms with Crippen LogP contribution in [0.5, 0.6) is 17.2 Å². The predicted molar refractivity (Wildman–Crippen MR) is 201 cm³/mol. The number of thioether (sulfide) groups is 1. The number of rotatable bonds is 14. The maximum absolute atomic E-state index is 14.3. The fraction of sp³-hybridized carbons (Fsp3) is 0.250. The highest BCUT2D eigenvalue weighted by atomic mass is 32.2. The second kappa shape index (κ2) is 16.4. The van der Waals surface area contributed by atoms with Crippen LogP contribution in [-0.4, -0.2) is 40.7 Å². The number of aliphatic hydroxyl groups is 1. The molecule has 0 bridgehead atoms. The van der Waals surface area contributed by atoms with E-state index in [0.717, 1.165) is 28.9 Å². The van der Waals surface area contributed by atoms with Crippen LogP contribution >= 0.6 is 23.1 Å². The van der Waals surface area contributed by atoms with Gasteiger partial charge in [-0.1, -0.05) is 91.0 Å². The van der Waals surface area contributed by atoms with Crippen LogP contribution in [0.2, 0.25) is 0 Å². The third kappa shape index (κ3) is 8.29. The number of amides is 1. The minimum absolute atomic E-state index is 0.121. The van der Waals surface area contributed by atoms with Crippen LogP contribution < -0.4 is 19.1 Å². The van der Waals surface area contributed by atoms with E-state index in [1.807, 2.05) is 31.2 Å². The number of nitrogens with zero attached hydrogens (tertiary/aromatic N) is 3. The Hall–Kier alpha value is -5.20. The largest absolute Gasteiger partial charge is 0.507 e. The number of Topliss-reactive ketones (excluding diaryl/α,β-unsaturated/α-hetero) is 1. The number of aromatic nitrogens is 2. The molecule has 1 amide bonds. The number of ketones is 1. The lowest BCUT2D eigenvalue weighted by Gasteiger charge is -2.23. The van der Waals surface area contributed by atoms with Gasteiger partial charge in [0.25, 0.3) is 5.78 Å². The Morgan fingerprint density at radius 3 is 2.48 bits per heavy atom. The van der Waals surface area contributed by atoms with Gasteiger partial charge < -0.3 is 19.3 Å². The minimum Gasteiger partial charge on any atom is -0.507 e. The SMILES string of the molecule is COc1cc(C2/C(=C(\O)c3ccc(OCc4cccc(C)c4)cc3)C(=O)C(=O)N2c2nnc(SCc3ccccc3F)s2)ccc1OCCC(C)C. The first-order valence-electron chi connectivity index (χ1n) is 16.7. The average molecular weight is 740 g/mol. The van der Waals surface area contributed by atoms with Gasteiger partial charge in [-0.05, 0) is 78.4 Å². The summed E-state index contributed by atoms with van der Waals surface area (Å²) in [5.74, 6) is -0.218. The maximum atomic E-state index is 14.3. The summed E-state index contributed by atoms with van der Waals surface area (Å²) in [7, 11) is 1.51. The van der Waals surface area contributed by atoms with Crippen LogP contribution in [0.3, 0.4) is 0 Å². The second-order valence-electron chi connectivity index (χ2n) is 12.6. The summed E-state index contributed by atoms with van der Waals surface area (Å²) in [5, 5.41) is 20.4. The number of hydrogen-bond donors (Lipinski definition) is 1. The predicted octanol–water partition coefficient (Wildman–Crippen LogP) is 8.92. The molecular formula is C40H38FN3O6S2. The molecule has 0 saturated carbocycles. The highest BCUT2D eigenvalue weighted by Crippen LogP contribution is 2.46. The number of halogens is 1. The van der Waals surface area contributed by atoms with Gasteiger partial charge in [0, 0.05) is 11.3 Å². The van der Waals surface area contributed by atoms with Crippen LogP contribution in [0.4, 0.5) is 9.52 Å². The van der Waals surface area contributed by atoms with Crippen molar-refractivity contribution < 1.29 is 33.3 Å². The van der Waals surface area contributed by atoms with Crippen molar-refractivity contribution in [2.24, 2.45) is 5.92 Å². The van der Waals surface area contributed by atoms with Crippen LogP contribution in [0, 0.1) is 18.7 Å². The standard InChI is InChI=1S/C40H38FN3O6S2/c1-24(2)18-19-49-32-17-14-28(21-33(32)48-4)35-34(36(45)27-12-15-30(16-13-27)50-22-26-9-7-8-25(3)20-26)37(46)38(47)44(35)39-42-43-40(52-39)51-23-29-10-5-6-11-31(29)41/h5-17,20-21,24,35,45H,18-19,22-23H2,1-4H3/b36-34+. The Bertz CT molecular complexity index is 2100. The molecule has 1 N–H and O–H groups in total. The van der Waals surface area contributed by atoms with Gasteiger partial charge in [-0.3, -0.25) is 14.5 Å². The van der Waals surface area contributed by atoms with Crippen molar-refractivity contribution in [2.75, 3.05) is 18.6 Å². The zero-order valence-corrected chi connectivity index (χ0v) is 30.8. The van der Waals surface area contributed by atoms with Crippen molar-refractivity contribution in [3.8, 4) is 17.2 Å². The molecule has 0 aliphatic carbocycles. The van der Waals surface area contributed by atoms with E-state index in [1.165, 1.54) is 29.8 Å². The summed E-state index contributed by atoms with van der Waals surface area (Å²) in [5.41, 5.74) is 3.34. The van der Waals surface area contributed by atoms with Crippen LogP contribution in [-0.2, 0) is 21.9 Å². The maximum Gasteiger partial charge on any atom is 0.301 e. The first-order chi connectivity index (χ1) is 25.1. The first kappa shape index (κ1) is 36.6. The van der Waals surface area contributed by atoms with Crippen LogP contribution in [0.25, 0.3) is 5.76 Å². The Morgan fingerprint density at radius 1 is 0.962 bits per heavy atom. The molecule has 2 heterocycles. The quantitative estimate of drug-likeness (QED) is 0.0393. The van der Waals surface area contributed by atoms with Crippen molar-refractivity contribution in [2.45, 2.75) is 49.9 Å². The van der Waals surface area contributed by atoms with E-state index < -0.39 is 17.7 Å². The Morgan fingerprint density at radius 2 is 1.75 bits per heavy atom. The molecule has 1 fully saturated rings. The van der Waals surface area contributed by atoms with E-state index in [9.17, 15) is 19.1 Å². The number of carbonyl (C=O) groups is 2. The van der Waals surface area contributed by atoms with Crippen molar-refractivity contribution >= 4 is 45.7 Å². The van der Waals surface area contributed by atoms with Gasteiger partial charge in [0.15, 0.2) is 15.8 Å². The van der Waals surface area contributed by atoms with Crippen molar-refractivity contribution in [1.29, 1.82) is 0 Å². The highest BCUT2D eigenvalue weighted by Gasteiger charge is 2.48. The summed E-state index contributed by atoms with van der Waals surface area (Å²) < 4.78 is 32.4. The molecule has 6 rings (SSSR count). The third-order valence-corrected chi connectivity index (χ3v) is 10.5. The van der Waals surface area contributed by atoms with E-state index in [2.05, 4.69) is 24.0 Å². The molecular weight excluding hydrogens is 702 g/mol. The number of benzene rings is 4. The number of aliphatic hydroxyl groups excluding tert-OH is 1. The van der Waals surface area contributed by atoms with E-state index in [4.69, 9.17) is 14.2 Å². The summed E-state index contributed by atoms with van der Waals surface area (Å²) in [6, 6.07) is 25.2. The molecule has 1 unspecified atom stereocenters. The van der Waals surface area contributed by atoms with Gasteiger partial charge >= 0.3 is 5.91 Å². The minimum atomic E-state index is -1.08. The van der Waals surface area contributed by atoms with Crippen molar-refractivity contribution in [1.82, 2.24) is 10.2 Å². The van der Waals surface area contributed by atoms with E-state index in [1.54, 1.807) is 60.7 Å². The van der Waals surface area contributed by atoms with E-state index in [-0.39, 0.29) is 22.3 Å². The molecule has 9 nitrogen and oxygen atoms in total. The number of ether oxygens (including phenoxy) is 3. The average Bonchev–Trinajstić information content (AvgIpc) is 3.71. The summed E-state index contributed by atoms with van der Waals surface area (Å²) >= 11 is 2.36. The van der Waals surface area contributed by atoms with Crippen LogP contribution in [0.1, 0.15) is 54.1 Å². The lowest BCUT2D eigenvalue weighted by molar-refractivity contribution is -0.132. The van der Waals surface area contributed by atoms with Crippen molar-refractivity contribution in [3.05, 3.63) is 130 Å². The molecule has 1 aliphatic heterocycles. The third-order valence-electron chi connectivity index (χ3n) is 8.43. The van der Waals surface area contributed by atoms with Gasteiger partial charge in [0.1, 0.15) is 23.9 Å². The molecule has 0 spiro atoms. The fourth-order valence-electron chi connectivity index (χ4n) is 5.67. The Labute approximate surface area is 310 Å². The van der Waals surface area contributed by atoms with E-state index in [0.29, 0.717) is 63.2 Å². The number of anilines is 1. The number of hydrogen-bond acceptors (Lipinski definition) is 10. The second-order valence-corrected chi connectivity index (χ2v) is 14.8. The monoisotopic (exact) mass is 739 g/mol. The Kier molecular flexibility index (Phi) is 11.6. The van der Waals surface area contributed by atoms with Crippen molar-refractivity contribution in [3.63, 3.8) is 0 Å². The summed E-state index contributed by atoms with van der Waals surface area (Å²) in [4.78, 5) is 28.9. The van der Waals surface area contributed by atoms with Gasteiger partial charge in [0.05, 0.1) is 25.3 Å². The smallest absolute Gasteiger partial charge is 0.301 e. The van der Waals surface area contributed by atoms with Gasteiger partial charge in [-0.15, -0.1) is 10.2 Å². The molecule has 1 saturated heterocycles. The van der Waals surface area contributed by atoms with Gasteiger partial charge in [-0.25, -0.2) is 4.39 Å². The molecule has 0 radical (unpaired) electrons. The highest BCUT2D eigenvalue weighted by molar-refractivity contribution is 8.00. The molecule has 1 aromatic heterocycles. The number of carbonyl (C=O) groups excluding carboxylic acids is 2. The summed E-state index contributed by atoms with van der Waals surface area (Å²) in [6.45, 7) is 7.07. The molecule has 5 aromatic rings. The molecule has 12 heteroatoms. The zero-order valence-electron chi connectivity index (χ0n) is 29.2. The topological polar surface area (TPSA) is 111 Å². The normalized spacial score (nSPS) is 15.3. The molecule has 1 atom stereocenters. The molecule has 1 aliphatic rings.